The molecule has 9 nitrogen and oxygen atoms in total. The molecule has 3 aromatic rings. The number of nitrogens with one attached hydrogen (secondary N) is 1. The molecule has 0 atom stereocenters. The van der Waals surface area contributed by atoms with Crippen molar-refractivity contribution in [3.05, 3.63) is 48.4 Å². The second-order valence-electron chi connectivity index (χ2n) is 6.64. The molecule has 0 unspecified atom stereocenters. The maximum Gasteiger partial charge on any atom is 0.353 e. The number of aromatic hydroxyl groups is 1. The van der Waals surface area contributed by atoms with Crippen molar-refractivity contribution >= 4 is 28.4 Å². The van der Waals surface area contributed by atoms with Crippen molar-refractivity contribution in [1.29, 1.82) is 0 Å². The van der Waals surface area contributed by atoms with Crippen molar-refractivity contribution in [2.45, 2.75) is 26.9 Å². The molecule has 2 amide bonds. The molecule has 2 N–H and O–H groups in total. The van der Waals surface area contributed by atoms with E-state index in [1.54, 1.807) is 22.8 Å². The number of nitrogens with zero attached hydrogens (tertiary/aromatic N) is 4. The van der Waals surface area contributed by atoms with Crippen LogP contribution in [-0.2, 0) is 22.7 Å². The number of azo groups is 1. The first-order chi connectivity index (χ1) is 14.5. The van der Waals surface area contributed by atoms with Gasteiger partial charge in [-0.2, -0.15) is 0 Å². The van der Waals surface area contributed by atoms with E-state index in [4.69, 9.17) is 4.42 Å². The molecule has 3 rings (SSSR count). The smallest absolute Gasteiger partial charge is 0.353 e. The highest BCUT2D eigenvalue weighted by Gasteiger charge is 2.18. The van der Waals surface area contributed by atoms with Gasteiger partial charge in [-0.3, -0.25) is 9.59 Å². The van der Waals surface area contributed by atoms with E-state index in [9.17, 15) is 14.7 Å². The number of amides is 2. The molecule has 0 saturated heterocycles. The van der Waals surface area contributed by atoms with Gasteiger partial charge >= 0.3 is 11.8 Å². The van der Waals surface area contributed by atoms with Gasteiger partial charge in [0.2, 0.25) is 5.88 Å². The summed E-state index contributed by atoms with van der Waals surface area (Å²) in [5.41, 5.74) is 0.947. The molecule has 2 aromatic heterocycles. The lowest BCUT2D eigenvalue weighted by molar-refractivity contribution is -0.137. The number of furan rings is 1. The molecule has 0 aliphatic carbocycles. The van der Waals surface area contributed by atoms with Crippen LogP contribution in [0.25, 0.3) is 10.9 Å². The maximum atomic E-state index is 12.0. The first-order valence-electron chi connectivity index (χ1n) is 9.84. The number of likely N-dealkylation sites (N-methyl/N-ethyl adjacent to an activating group) is 1. The van der Waals surface area contributed by atoms with Gasteiger partial charge in [-0.25, -0.2) is 0 Å². The minimum atomic E-state index is -1.05. The predicted octanol–water partition coefficient (Wildman–Crippen LogP) is 3.21. The number of aromatic nitrogens is 1. The zero-order valence-electron chi connectivity index (χ0n) is 17.0. The van der Waals surface area contributed by atoms with Gasteiger partial charge in [-0.15, -0.1) is 10.2 Å². The lowest BCUT2D eigenvalue weighted by atomic mass is 10.2. The summed E-state index contributed by atoms with van der Waals surface area (Å²) in [4.78, 5) is 26.2. The van der Waals surface area contributed by atoms with Crippen LogP contribution in [0.15, 0.2) is 57.3 Å². The van der Waals surface area contributed by atoms with Gasteiger partial charge in [0.1, 0.15) is 5.76 Å². The van der Waals surface area contributed by atoms with Gasteiger partial charge < -0.3 is 24.3 Å². The summed E-state index contributed by atoms with van der Waals surface area (Å²) < 4.78 is 6.84. The lowest BCUT2D eigenvalue weighted by Gasteiger charge is -2.18. The molecular weight excluding hydrogens is 386 g/mol. The summed E-state index contributed by atoms with van der Waals surface area (Å²) in [5.74, 6) is -1.53. The number of fused-ring (bicyclic) bond motifs is 1. The van der Waals surface area contributed by atoms with E-state index < -0.39 is 11.8 Å². The molecule has 1 aromatic carbocycles. The molecule has 9 heteroatoms. The normalized spacial score (nSPS) is 11.6. The number of carbonyl (C=O) groups excluding carboxylic acids is 2. The van der Waals surface area contributed by atoms with Gasteiger partial charge in [0.05, 0.1) is 18.3 Å². The monoisotopic (exact) mass is 411 g/mol. The van der Waals surface area contributed by atoms with E-state index in [-0.39, 0.29) is 18.1 Å². The molecule has 0 aliphatic rings. The van der Waals surface area contributed by atoms with E-state index in [0.717, 1.165) is 25.2 Å². The zero-order valence-corrected chi connectivity index (χ0v) is 17.0. The SMILES string of the molecule is CCN(CC)CCn1c(O)c(N=NC(=O)C(=O)NCc2ccco2)c2ccccc21. The first kappa shape index (κ1) is 21.3. The van der Waals surface area contributed by atoms with Gasteiger partial charge in [-0.1, -0.05) is 32.0 Å². The van der Waals surface area contributed by atoms with Gasteiger partial charge in [0, 0.05) is 18.5 Å². The highest BCUT2D eigenvalue weighted by molar-refractivity contribution is 6.35. The maximum absolute atomic E-state index is 12.0. The van der Waals surface area contributed by atoms with Crippen molar-refractivity contribution in [3.8, 4) is 5.88 Å². The first-order valence-corrected chi connectivity index (χ1v) is 9.84. The van der Waals surface area contributed by atoms with Crippen molar-refractivity contribution in [2.24, 2.45) is 10.2 Å². The standard InChI is InChI=1S/C21H25N5O4/c1-3-25(4-2)11-12-26-17-10-6-5-9-16(17)18(21(26)29)23-24-20(28)19(27)22-14-15-8-7-13-30-15/h5-10,13,29H,3-4,11-12,14H2,1-2H3,(H,22,27). The Kier molecular flexibility index (Phi) is 6.97. The molecule has 0 spiro atoms. The van der Waals surface area contributed by atoms with Crippen LogP contribution in [0.5, 0.6) is 5.88 Å². The fourth-order valence-electron chi connectivity index (χ4n) is 3.17. The summed E-state index contributed by atoms with van der Waals surface area (Å²) in [6.07, 6.45) is 1.47. The van der Waals surface area contributed by atoms with Crippen molar-refractivity contribution in [2.75, 3.05) is 19.6 Å². The second-order valence-corrected chi connectivity index (χ2v) is 6.64. The van der Waals surface area contributed by atoms with Gasteiger partial charge in [0.15, 0.2) is 5.69 Å². The van der Waals surface area contributed by atoms with Crippen molar-refractivity contribution in [1.82, 2.24) is 14.8 Å². The summed E-state index contributed by atoms with van der Waals surface area (Å²) in [7, 11) is 0. The van der Waals surface area contributed by atoms with E-state index in [1.807, 2.05) is 18.2 Å². The highest BCUT2D eigenvalue weighted by Crippen LogP contribution is 2.38. The topological polar surface area (TPSA) is 112 Å². The molecule has 158 valence electrons. The van der Waals surface area contributed by atoms with Gasteiger partial charge in [-0.05, 0) is 31.3 Å². The molecule has 0 fully saturated rings. The Labute approximate surface area is 174 Å². The number of para-hydroxylation sites is 1. The molecule has 0 bridgehead atoms. The van der Waals surface area contributed by atoms with Crippen molar-refractivity contribution in [3.63, 3.8) is 0 Å². The fourth-order valence-corrected chi connectivity index (χ4v) is 3.17. The molecule has 2 heterocycles. The third kappa shape index (κ3) is 4.74. The van der Waals surface area contributed by atoms with Crippen LogP contribution >= 0.6 is 0 Å². The third-order valence-corrected chi connectivity index (χ3v) is 4.89. The van der Waals surface area contributed by atoms with Crippen LogP contribution in [0, 0.1) is 0 Å². The Morgan fingerprint density at radius 2 is 1.93 bits per heavy atom. The minimum absolute atomic E-state index is 0.0724. The van der Waals surface area contributed by atoms with Crippen LogP contribution in [-0.4, -0.2) is 46.0 Å². The Bertz CT molecular complexity index is 1040. The average Bonchev–Trinajstić information content (AvgIpc) is 3.37. The summed E-state index contributed by atoms with van der Waals surface area (Å²) in [6, 6.07) is 10.7. The minimum Gasteiger partial charge on any atom is -0.493 e. The quantitative estimate of drug-likeness (QED) is 0.437. The van der Waals surface area contributed by atoms with Crippen LogP contribution in [0.1, 0.15) is 19.6 Å². The molecule has 0 saturated carbocycles. The van der Waals surface area contributed by atoms with Crippen LogP contribution in [0.3, 0.4) is 0 Å². The Hall–Kier alpha value is -3.46. The summed E-state index contributed by atoms with van der Waals surface area (Å²) in [6.45, 7) is 7.36. The summed E-state index contributed by atoms with van der Waals surface area (Å²) in [5, 5.41) is 21.2. The number of hydrogen-bond donors (Lipinski definition) is 2. The highest BCUT2D eigenvalue weighted by atomic mass is 16.3. The Morgan fingerprint density at radius 3 is 2.63 bits per heavy atom. The van der Waals surface area contributed by atoms with Crippen LogP contribution in [0.2, 0.25) is 0 Å². The van der Waals surface area contributed by atoms with E-state index in [1.165, 1.54) is 6.26 Å². The van der Waals surface area contributed by atoms with E-state index in [2.05, 4.69) is 34.3 Å². The largest absolute Gasteiger partial charge is 0.493 e. The van der Waals surface area contributed by atoms with E-state index in [0.29, 0.717) is 17.7 Å². The second kappa shape index (κ2) is 9.84. The lowest BCUT2D eigenvalue weighted by Crippen LogP contribution is -2.28. The number of carbonyl (C=O) groups is 2. The molecule has 0 radical (unpaired) electrons. The number of benzene rings is 1. The number of hydrogen-bond acceptors (Lipinski definition) is 6. The average molecular weight is 411 g/mol. The summed E-state index contributed by atoms with van der Waals surface area (Å²) >= 11 is 0. The third-order valence-electron chi connectivity index (χ3n) is 4.89. The van der Waals surface area contributed by atoms with Gasteiger partial charge in [0.25, 0.3) is 0 Å². The zero-order chi connectivity index (χ0) is 21.5. The Morgan fingerprint density at radius 1 is 1.17 bits per heavy atom. The van der Waals surface area contributed by atoms with Crippen molar-refractivity contribution < 1.29 is 19.1 Å². The van der Waals surface area contributed by atoms with Crippen LogP contribution < -0.4 is 5.32 Å². The van der Waals surface area contributed by atoms with Crippen LogP contribution in [0.4, 0.5) is 5.69 Å². The predicted molar refractivity (Wildman–Crippen MR) is 111 cm³/mol. The fraction of sp³-hybridized carbons (Fsp3) is 0.333. The van der Waals surface area contributed by atoms with E-state index >= 15 is 0 Å². The molecular formula is C21H25N5O4. The Balaban J connectivity index is 1.77. The number of rotatable bonds is 8. The molecule has 0 aliphatic heterocycles. The molecule has 30 heavy (non-hydrogen) atoms.